The fourth-order valence-corrected chi connectivity index (χ4v) is 5.12. The van der Waals surface area contributed by atoms with Crippen molar-refractivity contribution in [2.75, 3.05) is 38.5 Å². The third-order valence-electron chi connectivity index (χ3n) is 4.20. The summed E-state index contributed by atoms with van der Waals surface area (Å²) in [5.41, 5.74) is 0. The van der Waals surface area contributed by atoms with Gasteiger partial charge in [0.15, 0.2) is 0 Å². The minimum atomic E-state index is -3.39. The minimum absolute atomic E-state index is 0.222. The Hall–Kier alpha value is -1.41. The first-order valence-corrected chi connectivity index (χ1v) is 10.6. The van der Waals surface area contributed by atoms with E-state index in [0.29, 0.717) is 18.0 Å². The fraction of sp³-hybridized carbons (Fsp3) is 0.333. The first-order valence-electron chi connectivity index (χ1n) is 8.22. The van der Waals surface area contributed by atoms with Crippen LogP contribution in [0.5, 0.6) is 0 Å². The van der Waals surface area contributed by atoms with Crippen LogP contribution in [0.3, 0.4) is 0 Å². The zero-order valence-electron chi connectivity index (χ0n) is 13.8. The Bertz CT molecular complexity index is 774. The second-order valence-electron chi connectivity index (χ2n) is 5.86. The van der Waals surface area contributed by atoms with E-state index in [9.17, 15) is 12.8 Å². The highest BCUT2D eigenvalue weighted by Gasteiger charge is 2.27. The molecule has 1 aliphatic heterocycles. The maximum atomic E-state index is 12.9. The molecular formula is C18H21FN2O2S2. The first-order chi connectivity index (χ1) is 12.1. The molecule has 0 aromatic heterocycles. The number of rotatable bonds is 6. The summed E-state index contributed by atoms with van der Waals surface area (Å²) >= 11 is 1.69. The van der Waals surface area contributed by atoms with Gasteiger partial charge >= 0.3 is 0 Å². The molecule has 0 amide bonds. The summed E-state index contributed by atoms with van der Waals surface area (Å²) in [5, 5.41) is 0. The van der Waals surface area contributed by atoms with Crippen LogP contribution in [0.15, 0.2) is 64.4 Å². The maximum absolute atomic E-state index is 12.9. The van der Waals surface area contributed by atoms with Gasteiger partial charge in [-0.05, 0) is 36.4 Å². The summed E-state index contributed by atoms with van der Waals surface area (Å²) in [6.07, 6.45) is 0. The smallest absolute Gasteiger partial charge is 0.243 e. The molecule has 0 radical (unpaired) electrons. The van der Waals surface area contributed by atoms with Crippen LogP contribution in [0, 0.1) is 5.82 Å². The Morgan fingerprint density at radius 2 is 1.56 bits per heavy atom. The molecule has 25 heavy (non-hydrogen) atoms. The normalized spacial score (nSPS) is 16.8. The number of nitrogens with zero attached hydrogens (tertiary/aromatic N) is 2. The topological polar surface area (TPSA) is 40.6 Å². The van der Waals surface area contributed by atoms with Gasteiger partial charge in [0.25, 0.3) is 0 Å². The molecule has 0 spiro atoms. The third-order valence-corrected chi connectivity index (χ3v) is 7.11. The van der Waals surface area contributed by atoms with Crippen molar-refractivity contribution in [3.8, 4) is 0 Å². The van der Waals surface area contributed by atoms with E-state index in [4.69, 9.17) is 0 Å². The van der Waals surface area contributed by atoms with Crippen LogP contribution in [0.4, 0.5) is 4.39 Å². The van der Waals surface area contributed by atoms with Gasteiger partial charge in [-0.3, -0.25) is 4.90 Å². The minimum Gasteiger partial charge on any atom is -0.300 e. The van der Waals surface area contributed by atoms with Crippen LogP contribution in [-0.4, -0.2) is 56.1 Å². The molecule has 3 rings (SSSR count). The number of hydrogen-bond acceptors (Lipinski definition) is 4. The van der Waals surface area contributed by atoms with Crippen LogP contribution in [0.2, 0.25) is 0 Å². The highest BCUT2D eigenvalue weighted by atomic mass is 32.2. The average molecular weight is 381 g/mol. The lowest BCUT2D eigenvalue weighted by Crippen LogP contribution is -2.49. The second-order valence-corrected chi connectivity index (χ2v) is 8.97. The number of piperazine rings is 1. The number of hydrogen-bond donors (Lipinski definition) is 0. The molecule has 7 heteroatoms. The molecule has 0 atom stereocenters. The van der Waals surface area contributed by atoms with E-state index in [1.165, 1.54) is 12.1 Å². The molecule has 1 heterocycles. The van der Waals surface area contributed by atoms with E-state index < -0.39 is 10.0 Å². The van der Waals surface area contributed by atoms with Gasteiger partial charge in [0.05, 0.1) is 4.90 Å². The molecule has 1 aliphatic rings. The fourth-order valence-electron chi connectivity index (χ4n) is 2.76. The number of benzene rings is 2. The quantitative estimate of drug-likeness (QED) is 0.723. The third kappa shape index (κ3) is 4.82. The summed E-state index contributed by atoms with van der Waals surface area (Å²) < 4.78 is 39.6. The lowest BCUT2D eigenvalue weighted by Gasteiger charge is -2.33. The second kappa shape index (κ2) is 8.31. The van der Waals surface area contributed by atoms with E-state index in [-0.39, 0.29) is 5.82 Å². The van der Waals surface area contributed by atoms with Crippen LogP contribution in [-0.2, 0) is 10.0 Å². The molecule has 0 unspecified atom stereocenters. The molecule has 0 N–H and O–H groups in total. The maximum Gasteiger partial charge on any atom is 0.243 e. The van der Waals surface area contributed by atoms with Crippen LogP contribution in [0.1, 0.15) is 0 Å². The van der Waals surface area contributed by atoms with E-state index in [2.05, 4.69) is 4.90 Å². The van der Waals surface area contributed by atoms with Gasteiger partial charge in [-0.2, -0.15) is 4.31 Å². The summed E-state index contributed by atoms with van der Waals surface area (Å²) in [6.45, 7) is 3.38. The van der Waals surface area contributed by atoms with Gasteiger partial charge in [0.1, 0.15) is 5.82 Å². The number of thioether (sulfide) groups is 1. The Labute approximate surface area is 152 Å². The van der Waals surface area contributed by atoms with Crippen molar-refractivity contribution in [2.24, 2.45) is 0 Å². The average Bonchev–Trinajstić information content (AvgIpc) is 2.64. The van der Waals surface area contributed by atoms with E-state index in [1.807, 2.05) is 6.07 Å². The Morgan fingerprint density at radius 3 is 2.20 bits per heavy atom. The lowest BCUT2D eigenvalue weighted by atomic mass is 10.3. The number of halogens is 1. The Balaban J connectivity index is 1.46. The molecule has 134 valence electrons. The monoisotopic (exact) mass is 380 g/mol. The summed E-state index contributed by atoms with van der Waals surface area (Å²) in [6, 6.07) is 15.1. The molecule has 1 fully saturated rings. The molecule has 0 saturated carbocycles. The molecule has 4 nitrogen and oxygen atoms in total. The Kier molecular flexibility index (Phi) is 6.11. The van der Waals surface area contributed by atoms with Gasteiger partial charge in [-0.1, -0.05) is 18.2 Å². The van der Waals surface area contributed by atoms with Crippen molar-refractivity contribution in [2.45, 2.75) is 9.79 Å². The number of sulfonamides is 1. The van der Waals surface area contributed by atoms with Crippen molar-refractivity contribution in [3.63, 3.8) is 0 Å². The molecule has 2 aromatic carbocycles. The summed E-state index contributed by atoms with van der Waals surface area (Å²) in [4.78, 5) is 3.68. The highest BCUT2D eigenvalue weighted by Crippen LogP contribution is 2.20. The zero-order chi connectivity index (χ0) is 17.7. The lowest BCUT2D eigenvalue weighted by molar-refractivity contribution is 0.197. The predicted octanol–water partition coefficient (Wildman–Crippen LogP) is 2.92. The summed E-state index contributed by atoms with van der Waals surface area (Å²) in [5.74, 6) is 0.678. The van der Waals surface area contributed by atoms with Gasteiger partial charge in [-0.25, -0.2) is 12.8 Å². The van der Waals surface area contributed by atoms with E-state index >= 15 is 0 Å². The van der Waals surface area contributed by atoms with Gasteiger partial charge < -0.3 is 0 Å². The molecule has 0 aliphatic carbocycles. The molecule has 0 bridgehead atoms. The van der Waals surface area contributed by atoms with Crippen LogP contribution >= 0.6 is 11.8 Å². The van der Waals surface area contributed by atoms with Crippen LogP contribution in [0.25, 0.3) is 0 Å². The zero-order valence-corrected chi connectivity index (χ0v) is 15.5. The van der Waals surface area contributed by atoms with E-state index in [1.54, 1.807) is 52.5 Å². The van der Waals surface area contributed by atoms with Gasteiger partial charge in [0, 0.05) is 43.4 Å². The SMILES string of the molecule is O=S(=O)(c1ccccc1)N1CCN(CCSc2ccc(F)cc2)CC1. The molecule has 2 aromatic rings. The van der Waals surface area contributed by atoms with Crippen molar-refractivity contribution in [1.29, 1.82) is 0 Å². The highest BCUT2D eigenvalue weighted by molar-refractivity contribution is 7.99. The Morgan fingerprint density at radius 1 is 0.920 bits per heavy atom. The summed E-state index contributed by atoms with van der Waals surface area (Å²) in [7, 11) is -3.39. The van der Waals surface area contributed by atoms with Crippen molar-refractivity contribution in [1.82, 2.24) is 9.21 Å². The van der Waals surface area contributed by atoms with Crippen molar-refractivity contribution in [3.05, 3.63) is 60.4 Å². The van der Waals surface area contributed by atoms with Crippen molar-refractivity contribution < 1.29 is 12.8 Å². The largest absolute Gasteiger partial charge is 0.300 e. The molecule has 1 saturated heterocycles. The predicted molar refractivity (Wildman–Crippen MR) is 98.8 cm³/mol. The van der Waals surface area contributed by atoms with Gasteiger partial charge in [0.2, 0.25) is 10.0 Å². The van der Waals surface area contributed by atoms with Crippen LogP contribution < -0.4 is 0 Å². The standard InChI is InChI=1S/C18H21FN2O2S2/c19-16-6-8-17(9-7-16)24-15-14-20-10-12-21(13-11-20)25(22,23)18-4-2-1-3-5-18/h1-9H,10-15H2. The van der Waals surface area contributed by atoms with Crippen molar-refractivity contribution >= 4 is 21.8 Å². The van der Waals surface area contributed by atoms with Gasteiger partial charge in [-0.15, -0.1) is 11.8 Å². The van der Waals surface area contributed by atoms with E-state index in [0.717, 1.165) is 30.3 Å². The first kappa shape index (κ1) is 18.4. The molecular weight excluding hydrogens is 359 g/mol.